The van der Waals surface area contributed by atoms with Crippen molar-refractivity contribution in [1.82, 2.24) is 19.5 Å². The Balaban J connectivity index is 2.11. The first-order valence-electron chi connectivity index (χ1n) is 6.72. The molecule has 3 heterocycles. The summed E-state index contributed by atoms with van der Waals surface area (Å²) >= 11 is 12.0. The lowest BCUT2D eigenvalue weighted by atomic mass is 10.1. The van der Waals surface area contributed by atoms with Gasteiger partial charge in [-0.3, -0.25) is 4.98 Å². The summed E-state index contributed by atoms with van der Waals surface area (Å²) in [7, 11) is 0. The second-order valence-corrected chi connectivity index (χ2v) is 5.41. The summed E-state index contributed by atoms with van der Waals surface area (Å²) in [6.07, 6.45) is 4.36. The number of alkyl halides is 1. The molecule has 0 spiro atoms. The van der Waals surface area contributed by atoms with Gasteiger partial charge in [-0.15, -0.1) is 11.6 Å². The van der Waals surface area contributed by atoms with Gasteiger partial charge in [0.1, 0.15) is 11.3 Å². The highest BCUT2D eigenvalue weighted by atomic mass is 35.5. The molecule has 3 aromatic rings. The van der Waals surface area contributed by atoms with Crippen LogP contribution >= 0.6 is 23.2 Å². The summed E-state index contributed by atoms with van der Waals surface area (Å²) in [4.78, 5) is 13.4. The zero-order chi connectivity index (χ0) is 14.8. The monoisotopic (exact) mass is 320 g/mol. The van der Waals surface area contributed by atoms with Gasteiger partial charge in [0.05, 0.1) is 23.1 Å². The Hall–Kier alpha value is -1.65. The minimum absolute atomic E-state index is 0.322. The maximum absolute atomic E-state index is 6.02. The van der Waals surface area contributed by atoms with Crippen LogP contribution in [0.3, 0.4) is 0 Å². The fourth-order valence-corrected chi connectivity index (χ4v) is 2.74. The number of hydrogen-bond acceptors (Lipinski definition) is 3. The molecule has 0 radical (unpaired) electrons. The molecule has 0 bridgehead atoms. The molecule has 3 aromatic heterocycles. The average Bonchev–Trinajstić information content (AvgIpc) is 2.84. The van der Waals surface area contributed by atoms with Crippen LogP contribution in [-0.4, -0.2) is 19.5 Å². The number of aromatic nitrogens is 4. The number of aryl methyl sites for hydroxylation is 1. The SMILES string of the molecule is CCc1cccnc1Cn1c(CCl)nc2cc(Cl)cnc21. The number of halogens is 2. The molecule has 4 nitrogen and oxygen atoms in total. The van der Waals surface area contributed by atoms with Gasteiger partial charge in [-0.25, -0.2) is 9.97 Å². The zero-order valence-corrected chi connectivity index (χ0v) is 13.1. The van der Waals surface area contributed by atoms with Crippen LogP contribution in [0.1, 0.15) is 24.0 Å². The number of imidazole rings is 1. The number of rotatable bonds is 4. The second-order valence-electron chi connectivity index (χ2n) is 4.71. The molecule has 0 amide bonds. The molecule has 6 heteroatoms. The molecule has 0 fully saturated rings. The van der Waals surface area contributed by atoms with Crippen molar-refractivity contribution in [3.8, 4) is 0 Å². The quantitative estimate of drug-likeness (QED) is 0.686. The lowest BCUT2D eigenvalue weighted by molar-refractivity contribution is 0.740. The van der Waals surface area contributed by atoms with Gasteiger partial charge in [-0.2, -0.15) is 0 Å². The molecule has 0 unspecified atom stereocenters. The number of pyridine rings is 2. The third-order valence-corrected chi connectivity index (χ3v) is 3.87. The Morgan fingerprint density at radius 1 is 1.29 bits per heavy atom. The predicted octanol–water partition coefficient (Wildman–Crippen LogP) is 3.83. The normalized spacial score (nSPS) is 11.2. The Bertz CT molecular complexity index is 782. The van der Waals surface area contributed by atoms with E-state index in [9.17, 15) is 0 Å². The molecule has 0 saturated carbocycles. The summed E-state index contributed by atoms with van der Waals surface area (Å²) in [5.41, 5.74) is 3.77. The van der Waals surface area contributed by atoms with E-state index in [0.29, 0.717) is 17.4 Å². The standard InChI is InChI=1S/C15H14Cl2N4/c1-2-10-4-3-5-18-13(10)9-21-14(7-16)20-12-6-11(17)8-19-15(12)21/h3-6,8H,2,7,9H2,1H3. The smallest absolute Gasteiger partial charge is 0.160 e. The average molecular weight is 321 g/mol. The Kier molecular flexibility index (Phi) is 4.08. The molecule has 0 aromatic carbocycles. The van der Waals surface area contributed by atoms with Crippen molar-refractivity contribution in [2.45, 2.75) is 25.8 Å². The third kappa shape index (κ3) is 2.74. The van der Waals surface area contributed by atoms with Gasteiger partial charge < -0.3 is 4.57 Å². The van der Waals surface area contributed by atoms with Crippen molar-refractivity contribution in [3.05, 3.63) is 52.7 Å². The van der Waals surface area contributed by atoms with Crippen LogP contribution in [0.5, 0.6) is 0 Å². The molecule has 0 saturated heterocycles. The van der Waals surface area contributed by atoms with E-state index in [1.807, 2.05) is 10.6 Å². The number of fused-ring (bicyclic) bond motifs is 1. The van der Waals surface area contributed by atoms with Crippen LogP contribution in [-0.2, 0) is 18.8 Å². The first-order chi connectivity index (χ1) is 10.2. The fraction of sp³-hybridized carbons (Fsp3) is 0.267. The van der Waals surface area contributed by atoms with E-state index in [-0.39, 0.29) is 0 Å². The summed E-state index contributed by atoms with van der Waals surface area (Å²) < 4.78 is 2.00. The maximum atomic E-state index is 6.02. The highest BCUT2D eigenvalue weighted by Crippen LogP contribution is 2.21. The molecule has 0 N–H and O–H groups in total. The summed E-state index contributed by atoms with van der Waals surface area (Å²) in [5, 5.41) is 0.570. The highest BCUT2D eigenvalue weighted by Gasteiger charge is 2.13. The first-order valence-corrected chi connectivity index (χ1v) is 7.63. The van der Waals surface area contributed by atoms with Crippen LogP contribution < -0.4 is 0 Å². The fourth-order valence-electron chi connectivity index (χ4n) is 2.39. The Morgan fingerprint density at radius 2 is 2.14 bits per heavy atom. The van der Waals surface area contributed by atoms with Crippen molar-refractivity contribution in [3.63, 3.8) is 0 Å². The van der Waals surface area contributed by atoms with Crippen molar-refractivity contribution < 1.29 is 0 Å². The van der Waals surface area contributed by atoms with Crippen LogP contribution in [0, 0.1) is 0 Å². The minimum Gasteiger partial charge on any atom is -0.306 e. The topological polar surface area (TPSA) is 43.6 Å². The molecular weight excluding hydrogens is 307 g/mol. The summed E-state index contributed by atoms with van der Waals surface area (Å²) in [6.45, 7) is 2.73. The van der Waals surface area contributed by atoms with Gasteiger partial charge in [-0.1, -0.05) is 24.6 Å². The molecule has 108 valence electrons. The number of nitrogens with zero attached hydrogens (tertiary/aromatic N) is 4. The van der Waals surface area contributed by atoms with Crippen molar-refractivity contribution in [1.29, 1.82) is 0 Å². The van der Waals surface area contributed by atoms with E-state index >= 15 is 0 Å². The van der Waals surface area contributed by atoms with E-state index in [4.69, 9.17) is 23.2 Å². The van der Waals surface area contributed by atoms with Crippen molar-refractivity contribution in [2.24, 2.45) is 0 Å². The van der Waals surface area contributed by atoms with E-state index < -0.39 is 0 Å². The minimum atomic E-state index is 0.322. The van der Waals surface area contributed by atoms with Gasteiger partial charge in [0, 0.05) is 12.4 Å². The molecule has 3 rings (SSSR count). The molecule has 0 atom stereocenters. The first kappa shape index (κ1) is 14.3. The van der Waals surface area contributed by atoms with E-state index in [0.717, 1.165) is 29.1 Å². The van der Waals surface area contributed by atoms with Gasteiger partial charge >= 0.3 is 0 Å². The van der Waals surface area contributed by atoms with Crippen molar-refractivity contribution >= 4 is 34.4 Å². The lowest BCUT2D eigenvalue weighted by Gasteiger charge is -2.10. The van der Waals surface area contributed by atoms with E-state index in [1.165, 1.54) is 5.56 Å². The molecule has 0 aliphatic heterocycles. The van der Waals surface area contributed by atoms with Gasteiger partial charge in [0.2, 0.25) is 0 Å². The summed E-state index contributed by atoms with van der Waals surface area (Å²) in [5.74, 6) is 1.09. The van der Waals surface area contributed by atoms with E-state index in [1.54, 1.807) is 18.5 Å². The van der Waals surface area contributed by atoms with Crippen LogP contribution in [0.15, 0.2) is 30.6 Å². The van der Waals surface area contributed by atoms with Gasteiger partial charge in [0.15, 0.2) is 5.65 Å². The maximum Gasteiger partial charge on any atom is 0.160 e. The zero-order valence-electron chi connectivity index (χ0n) is 11.6. The largest absolute Gasteiger partial charge is 0.306 e. The Morgan fingerprint density at radius 3 is 2.90 bits per heavy atom. The highest BCUT2D eigenvalue weighted by molar-refractivity contribution is 6.31. The number of hydrogen-bond donors (Lipinski definition) is 0. The van der Waals surface area contributed by atoms with E-state index in [2.05, 4.69) is 27.9 Å². The van der Waals surface area contributed by atoms with Crippen molar-refractivity contribution in [2.75, 3.05) is 0 Å². The summed E-state index contributed by atoms with van der Waals surface area (Å²) in [6, 6.07) is 5.84. The predicted molar refractivity (Wildman–Crippen MR) is 84.8 cm³/mol. The third-order valence-electron chi connectivity index (χ3n) is 3.42. The van der Waals surface area contributed by atoms with Gasteiger partial charge in [0.25, 0.3) is 0 Å². The second kappa shape index (κ2) is 6.00. The Labute approximate surface area is 132 Å². The van der Waals surface area contributed by atoms with Gasteiger partial charge in [-0.05, 0) is 24.1 Å². The van der Waals surface area contributed by atoms with Crippen LogP contribution in [0.25, 0.3) is 11.2 Å². The lowest BCUT2D eigenvalue weighted by Crippen LogP contribution is -2.08. The van der Waals surface area contributed by atoms with Crippen LogP contribution in [0.4, 0.5) is 0 Å². The molecule has 21 heavy (non-hydrogen) atoms. The molecule has 0 aliphatic rings. The molecular formula is C15H14Cl2N4. The molecule has 0 aliphatic carbocycles. The van der Waals surface area contributed by atoms with Crippen LogP contribution in [0.2, 0.25) is 5.02 Å².